The van der Waals surface area contributed by atoms with Crippen LogP contribution in [0.1, 0.15) is 6.92 Å². The van der Waals surface area contributed by atoms with Crippen LogP contribution in [0.5, 0.6) is 0 Å². The van der Waals surface area contributed by atoms with Crippen LogP contribution >= 0.6 is 0 Å². The molecule has 0 aliphatic carbocycles. The lowest BCUT2D eigenvalue weighted by Crippen LogP contribution is -2.44. The fraction of sp³-hybridized carbons (Fsp3) is 0.667. The van der Waals surface area contributed by atoms with Gasteiger partial charge in [-0.2, -0.15) is 0 Å². The minimum atomic E-state index is -0.860. The summed E-state index contributed by atoms with van der Waals surface area (Å²) in [4.78, 5) is 42.6. The van der Waals surface area contributed by atoms with Crippen LogP contribution in [-0.2, 0) is 33.4 Å². The molecule has 128 valence electrons. The molecule has 0 aliphatic heterocycles. The van der Waals surface area contributed by atoms with E-state index >= 15 is 0 Å². The molecule has 0 atom stereocenters. The van der Waals surface area contributed by atoms with Gasteiger partial charge in [-0.3, -0.25) is 19.2 Å². The summed E-state index contributed by atoms with van der Waals surface area (Å²) in [6, 6.07) is 0. The van der Waals surface area contributed by atoms with Gasteiger partial charge in [-0.15, -0.1) is 0 Å². The zero-order valence-electron chi connectivity index (χ0n) is 13.1. The highest BCUT2D eigenvalue weighted by Crippen LogP contribution is 1.87. The number of esters is 1. The molecule has 0 heterocycles. The van der Waals surface area contributed by atoms with Gasteiger partial charge in [0.25, 0.3) is 0 Å². The Morgan fingerprint density at radius 2 is 1.50 bits per heavy atom. The number of carbonyl (C=O) groups excluding carboxylic acids is 4. The molecule has 0 saturated carbocycles. The van der Waals surface area contributed by atoms with E-state index in [9.17, 15) is 19.2 Å². The Hall–Kier alpha value is -2.04. The number of rotatable bonds is 7. The second kappa shape index (κ2) is 13.9. The van der Waals surface area contributed by atoms with Crippen LogP contribution < -0.4 is 16.4 Å². The second-order valence-electron chi connectivity index (χ2n) is 3.78. The van der Waals surface area contributed by atoms with Crippen LogP contribution in [0, 0.1) is 0 Å². The molecule has 4 N–H and O–H groups in total. The van der Waals surface area contributed by atoms with Gasteiger partial charge in [0.2, 0.25) is 0 Å². The highest BCUT2D eigenvalue weighted by Gasteiger charge is 2.15. The van der Waals surface area contributed by atoms with Crippen molar-refractivity contribution in [1.82, 2.24) is 10.6 Å². The van der Waals surface area contributed by atoms with E-state index in [1.54, 1.807) is 0 Å². The van der Waals surface area contributed by atoms with Gasteiger partial charge in [0.05, 0.1) is 26.7 Å². The molecule has 0 saturated heterocycles. The smallest absolute Gasteiger partial charge is 0.319 e. The summed E-state index contributed by atoms with van der Waals surface area (Å²) in [5.74, 6) is -2.30. The molecule has 10 nitrogen and oxygen atoms in total. The number of hydrogen-bond acceptors (Lipinski definition) is 8. The molecule has 0 spiro atoms. The zero-order chi connectivity index (χ0) is 17.5. The summed E-state index contributed by atoms with van der Waals surface area (Å²) in [7, 11) is 4.13. The first-order valence-electron chi connectivity index (χ1n) is 6.20. The van der Waals surface area contributed by atoms with E-state index in [0.717, 1.165) is 0 Å². The first-order valence-corrected chi connectivity index (χ1v) is 6.20. The molecule has 0 aromatic rings. The summed E-state index contributed by atoms with van der Waals surface area (Å²) in [5, 5.41) is 4.46. The average molecular weight is 321 g/mol. The maximum absolute atomic E-state index is 11.1. The predicted octanol–water partition coefficient (Wildman–Crippen LogP) is -2.46. The Morgan fingerprint density at radius 3 is 1.82 bits per heavy atom. The van der Waals surface area contributed by atoms with Gasteiger partial charge in [0.1, 0.15) is 5.78 Å². The fourth-order valence-electron chi connectivity index (χ4n) is 0.888. The Bertz CT molecular complexity index is 364. The quantitative estimate of drug-likeness (QED) is 0.266. The average Bonchev–Trinajstić information content (AvgIpc) is 2.52. The van der Waals surface area contributed by atoms with Crippen molar-refractivity contribution >= 4 is 23.6 Å². The largest absolute Gasteiger partial charge is 0.468 e. The summed E-state index contributed by atoms with van der Waals surface area (Å²) in [6.45, 7) is 1.17. The normalized spacial score (nSPS) is 9.36. The third-order valence-corrected chi connectivity index (χ3v) is 2.05. The van der Waals surface area contributed by atoms with E-state index in [4.69, 9.17) is 15.2 Å². The number of ketones is 1. The minimum Gasteiger partial charge on any atom is -0.468 e. The molecular weight excluding hydrogens is 298 g/mol. The Balaban J connectivity index is 0. The van der Waals surface area contributed by atoms with Crippen molar-refractivity contribution in [2.75, 3.05) is 41.0 Å². The zero-order valence-corrected chi connectivity index (χ0v) is 13.1. The molecule has 0 unspecified atom stereocenters. The van der Waals surface area contributed by atoms with Crippen LogP contribution in [0.3, 0.4) is 0 Å². The van der Waals surface area contributed by atoms with Crippen molar-refractivity contribution in [2.45, 2.75) is 13.2 Å². The first-order chi connectivity index (χ1) is 10.3. The number of amides is 2. The number of carbonyl (C=O) groups is 4. The van der Waals surface area contributed by atoms with E-state index in [1.807, 2.05) is 0 Å². The lowest BCUT2D eigenvalue weighted by atomic mass is 10.4. The van der Waals surface area contributed by atoms with Gasteiger partial charge in [-0.05, 0) is 6.92 Å². The van der Waals surface area contributed by atoms with Crippen molar-refractivity contribution in [2.24, 2.45) is 5.73 Å². The molecule has 0 fully saturated rings. The van der Waals surface area contributed by atoms with Gasteiger partial charge < -0.3 is 30.6 Å². The Kier molecular flexibility index (Phi) is 14.1. The third kappa shape index (κ3) is 13.0. The maximum Gasteiger partial charge on any atom is 0.319 e. The van der Waals surface area contributed by atoms with Crippen molar-refractivity contribution in [3.8, 4) is 0 Å². The lowest BCUT2D eigenvalue weighted by molar-refractivity contribution is -0.142. The van der Waals surface area contributed by atoms with E-state index in [-0.39, 0.29) is 31.4 Å². The van der Waals surface area contributed by atoms with Crippen molar-refractivity contribution in [1.29, 1.82) is 0 Å². The minimum absolute atomic E-state index is 0.0312. The number of Topliss-reactive ketones (excluding diaryl/α,β-unsaturated/α-hetero) is 1. The molecule has 0 rings (SSSR count). The van der Waals surface area contributed by atoms with Crippen LogP contribution in [0.25, 0.3) is 0 Å². The third-order valence-electron chi connectivity index (χ3n) is 2.05. The fourth-order valence-corrected chi connectivity index (χ4v) is 0.888. The number of nitrogens with one attached hydrogen (secondary N) is 2. The van der Waals surface area contributed by atoms with Crippen molar-refractivity contribution < 1.29 is 33.4 Å². The first kappa shape index (κ1) is 22.2. The number of nitrogens with two attached hydrogens (primary N) is 1. The van der Waals surface area contributed by atoms with E-state index in [0.29, 0.717) is 0 Å². The van der Waals surface area contributed by atoms with Gasteiger partial charge in [0, 0.05) is 14.2 Å². The van der Waals surface area contributed by atoms with Gasteiger partial charge in [-0.25, -0.2) is 0 Å². The predicted molar refractivity (Wildman–Crippen MR) is 75.6 cm³/mol. The molecule has 0 bridgehead atoms. The Labute approximate surface area is 128 Å². The standard InChI is InChI=1S/C9H16N2O5.C3H7NO2/c1-6(12)4-10-8(13)9(14)11-5-7(15-2)16-3;1-6-3(5)2-4/h7H,4-5H2,1-3H3,(H,10,13)(H,11,14);2,4H2,1H3. The van der Waals surface area contributed by atoms with Gasteiger partial charge in [0.15, 0.2) is 6.29 Å². The SMILES string of the molecule is COC(=O)CN.COC(CNC(=O)C(=O)NCC(C)=O)OC. The molecule has 0 radical (unpaired) electrons. The highest BCUT2D eigenvalue weighted by atomic mass is 16.7. The van der Waals surface area contributed by atoms with Crippen LogP contribution in [0.15, 0.2) is 0 Å². The molecule has 0 aliphatic rings. The van der Waals surface area contributed by atoms with Crippen LogP contribution in [0.4, 0.5) is 0 Å². The second-order valence-corrected chi connectivity index (χ2v) is 3.78. The molecule has 0 aromatic carbocycles. The number of hydrogen-bond donors (Lipinski definition) is 3. The number of ether oxygens (including phenoxy) is 3. The molecule has 10 heteroatoms. The van der Waals surface area contributed by atoms with Crippen LogP contribution in [0.2, 0.25) is 0 Å². The molecule has 22 heavy (non-hydrogen) atoms. The van der Waals surface area contributed by atoms with Gasteiger partial charge >= 0.3 is 17.8 Å². The van der Waals surface area contributed by atoms with E-state index in [2.05, 4.69) is 15.4 Å². The molecule has 0 aromatic heterocycles. The van der Waals surface area contributed by atoms with Crippen molar-refractivity contribution in [3.63, 3.8) is 0 Å². The maximum atomic E-state index is 11.1. The molecular formula is C12H23N3O7. The molecule has 2 amide bonds. The van der Waals surface area contributed by atoms with E-state index < -0.39 is 18.1 Å². The monoisotopic (exact) mass is 321 g/mol. The summed E-state index contributed by atoms with van der Waals surface area (Å²) >= 11 is 0. The number of methoxy groups -OCH3 is 3. The van der Waals surface area contributed by atoms with Gasteiger partial charge in [-0.1, -0.05) is 0 Å². The summed E-state index contributed by atoms with van der Waals surface area (Å²) < 4.78 is 13.7. The van der Waals surface area contributed by atoms with Crippen molar-refractivity contribution in [3.05, 3.63) is 0 Å². The Morgan fingerprint density at radius 1 is 1.00 bits per heavy atom. The van der Waals surface area contributed by atoms with Crippen LogP contribution in [-0.4, -0.2) is 70.8 Å². The lowest BCUT2D eigenvalue weighted by Gasteiger charge is -2.13. The van der Waals surface area contributed by atoms with E-state index in [1.165, 1.54) is 28.3 Å². The topological polar surface area (TPSA) is 146 Å². The summed E-state index contributed by atoms with van der Waals surface area (Å²) in [6.07, 6.45) is -0.607. The summed E-state index contributed by atoms with van der Waals surface area (Å²) in [5.41, 5.74) is 4.81. The highest BCUT2D eigenvalue weighted by molar-refractivity contribution is 6.35.